The third-order valence-corrected chi connectivity index (χ3v) is 4.74. The first-order chi connectivity index (χ1) is 13.5. The smallest absolute Gasteiger partial charge is 0.303 e. The molecule has 0 saturated heterocycles. The van der Waals surface area contributed by atoms with Crippen LogP contribution in [0.4, 0.5) is 11.4 Å². The van der Waals surface area contributed by atoms with Crippen molar-refractivity contribution in [3.8, 4) is 11.5 Å². The second-order valence-electron chi connectivity index (χ2n) is 5.87. The van der Waals surface area contributed by atoms with Crippen molar-refractivity contribution in [3.63, 3.8) is 0 Å². The van der Waals surface area contributed by atoms with Crippen molar-refractivity contribution in [1.29, 1.82) is 0 Å². The Morgan fingerprint density at radius 2 is 1.57 bits per heavy atom. The molecule has 0 bridgehead atoms. The molecule has 0 spiro atoms. The Hall–Kier alpha value is -3.20. The van der Waals surface area contributed by atoms with Crippen LogP contribution in [0.3, 0.4) is 0 Å². The number of hydrogen-bond acceptors (Lipinski definition) is 6. The van der Waals surface area contributed by atoms with Crippen LogP contribution >= 0.6 is 11.8 Å². The highest BCUT2D eigenvalue weighted by Crippen LogP contribution is 2.34. The number of nitrogens with one attached hydrogen (secondary N) is 2. The largest absolute Gasteiger partial charge is 0.481 e. The molecule has 1 aliphatic heterocycles. The molecule has 3 rings (SSSR count). The number of anilines is 2. The van der Waals surface area contributed by atoms with Gasteiger partial charge in [0.25, 0.3) is 0 Å². The summed E-state index contributed by atoms with van der Waals surface area (Å²) in [5.41, 5.74) is 1.21. The van der Waals surface area contributed by atoms with Crippen LogP contribution in [0.15, 0.2) is 47.4 Å². The number of benzene rings is 2. The normalized spacial score (nSPS) is 11.7. The molecule has 0 radical (unpaired) electrons. The lowest BCUT2D eigenvalue weighted by Crippen LogP contribution is -2.14. The molecular weight excluding hydrogens is 384 g/mol. The number of fused-ring (bicyclic) bond motifs is 1. The van der Waals surface area contributed by atoms with E-state index in [4.69, 9.17) is 14.6 Å². The lowest BCUT2D eigenvalue weighted by Gasteiger charge is -2.07. The highest BCUT2D eigenvalue weighted by molar-refractivity contribution is 8.00. The maximum atomic E-state index is 12.1. The molecule has 0 unspecified atom stereocenters. The molecule has 3 N–H and O–H groups in total. The van der Waals surface area contributed by atoms with Crippen LogP contribution < -0.4 is 20.1 Å². The number of carbonyl (C=O) groups is 3. The predicted octanol–water partition coefficient (Wildman–Crippen LogP) is 2.95. The number of hydrogen-bond donors (Lipinski definition) is 3. The first-order valence-electron chi connectivity index (χ1n) is 8.43. The van der Waals surface area contributed by atoms with Crippen molar-refractivity contribution in [3.05, 3.63) is 42.5 Å². The molecule has 146 valence electrons. The SMILES string of the molecule is O=C(O)CCC(=O)Nc1ccc(SCC(=O)Nc2ccc3c(c2)OCO3)cc1. The van der Waals surface area contributed by atoms with E-state index in [1.165, 1.54) is 11.8 Å². The molecule has 1 heterocycles. The van der Waals surface area contributed by atoms with Gasteiger partial charge in [-0.05, 0) is 36.4 Å². The number of carboxylic acid groups (broad SMARTS) is 1. The molecule has 0 atom stereocenters. The predicted molar refractivity (Wildman–Crippen MR) is 104 cm³/mol. The summed E-state index contributed by atoms with van der Waals surface area (Å²) in [5.74, 6) is -0.0469. The zero-order chi connectivity index (χ0) is 19.9. The van der Waals surface area contributed by atoms with Gasteiger partial charge in [-0.2, -0.15) is 0 Å². The molecule has 0 aliphatic carbocycles. The Balaban J connectivity index is 1.44. The molecule has 0 saturated carbocycles. The summed E-state index contributed by atoms with van der Waals surface area (Å²) >= 11 is 1.36. The summed E-state index contributed by atoms with van der Waals surface area (Å²) in [6, 6.07) is 12.2. The number of ether oxygens (including phenoxy) is 2. The molecule has 9 heteroatoms. The summed E-state index contributed by atoms with van der Waals surface area (Å²) in [6.45, 7) is 0.179. The maximum absolute atomic E-state index is 12.1. The van der Waals surface area contributed by atoms with E-state index >= 15 is 0 Å². The molecule has 2 aromatic carbocycles. The highest BCUT2D eigenvalue weighted by atomic mass is 32.2. The number of carboxylic acids is 1. The van der Waals surface area contributed by atoms with Gasteiger partial charge in [0.15, 0.2) is 11.5 Å². The van der Waals surface area contributed by atoms with Gasteiger partial charge in [0.1, 0.15) is 0 Å². The van der Waals surface area contributed by atoms with Gasteiger partial charge in [-0.15, -0.1) is 11.8 Å². The van der Waals surface area contributed by atoms with Gasteiger partial charge >= 0.3 is 5.97 Å². The van der Waals surface area contributed by atoms with Crippen molar-refractivity contribution < 1.29 is 29.0 Å². The van der Waals surface area contributed by atoms with Gasteiger partial charge in [-0.25, -0.2) is 0 Å². The molecular formula is C19H18N2O6S. The van der Waals surface area contributed by atoms with Crippen molar-refractivity contribution in [1.82, 2.24) is 0 Å². The third-order valence-electron chi connectivity index (χ3n) is 3.73. The average Bonchev–Trinajstić information content (AvgIpc) is 3.14. The van der Waals surface area contributed by atoms with Gasteiger partial charge in [0, 0.05) is 28.8 Å². The van der Waals surface area contributed by atoms with E-state index in [-0.39, 0.29) is 37.2 Å². The third kappa shape index (κ3) is 5.65. The van der Waals surface area contributed by atoms with E-state index in [1.54, 1.807) is 42.5 Å². The minimum absolute atomic E-state index is 0.0775. The van der Waals surface area contributed by atoms with Crippen LogP contribution in [0, 0.1) is 0 Å². The van der Waals surface area contributed by atoms with E-state index in [0.29, 0.717) is 22.9 Å². The van der Waals surface area contributed by atoms with E-state index in [0.717, 1.165) is 4.90 Å². The fourth-order valence-corrected chi connectivity index (χ4v) is 3.10. The van der Waals surface area contributed by atoms with Crippen LogP contribution in [-0.4, -0.2) is 35.4 Å². The van der Waals surface area contributed by atoms with Crippen LogP contribution in [0.2, 0.25) is 0 Å². The first kappa shape index (κ1) is 19.6. The molecule has 0 fully saturated rings. The van der Waals surface area contributed by atoms with Crippen LogP contribution in [0.5, 0.6) is 11.5 Å². The fourth-order valence-electron chi connectivity index (χ4n) is 2.40. The van der Waals surface area contributed by atoms with Crippen molar-refractivity contribution in [2.75, 3.05) is 23.2 Å². The second kappa shape index (κ2) is 9.14. The Kier molecular flexibility index (Phi) is 6.38. The monoisotopic (exact) mass is 402 g/mol. The summed E-state index contributed by atoms with van der Waals surface area (Å²) in [4.78, 5) is 35.1. The summed E-state index contributed by atoms with van der Waals surface area (Å²) < 4.78 is 10.5. The molecule has 1 aliphatic rings. The number of carbonyl (C=O) groups excluding carboxylic acids is 2. The zero-order valence-electron chi connectivity index (χ0n) is 14.8. The van der Waals surface area contributed by atoms with E-state index in [1.807, 2.05) is 0 Å². The van der Waals surface area contributed by atoms with E-state index in [2.05, 4.69) is 10.6 Å². The molecule has 8 nitrogen and oxygen atoms in total. The zero-order valence-corrected chi connectivity index (χ0v) is 15.6. The quantitative estimate of drug-likeness (QED) is 0.582. The molecule has 28 heavy (non-hydrogen) atoms. The standard InChI is InChI=1S/C19H18N2O6S/c22-17(7-8-19(24)25)20-12-1-4-14(5-2-12)28-10-18(23)21-13-3-6-15-16(9-13)27-11-26-15/h1-6,9H,7-8,10-11H2,(H,20,22)(H,21,23)(H,24,25). The second-order valence-corrected chi connectivity index (χ2v) is 6.92. The maximum Gasteiger partial charge on any atom is 0.303 e. The summed E-state index contributed by atoms with van der Waals surface area (Å²) in [6.07, 6.45) is -0.288. The lowest BCUT2D eigenvalue weighted by molar-refractivity contribution is -0.138. The average molecular weight is 402 g/mol. The van der Waals surface area contributed by atoms with Crippen molar-refractivity contribution >= 4 is 40.9 Å². The fraction of sp³-hybridized carbons (Fsp3) is 0.211. The van der Waals surface area contributed by atoms with Gasteiger partial charge in [0.05, 0.1) is 12.2 Å². The molecule has 2 amide bonds. The lowest BCUT2D eigenvalue weighted by atomic mass is 10.2. The molecule has 2 aromatic rings. The number of rotatable bonds is 8. The van der Waals surface area contributed by atoms with E-state index in [9.17, 15) is 14.4 Å². The van der Waals surface area contributed by atoms with E-state index < -0.39 is 5.97 Å². The number of aliphatic carboxylic acids is 1. The first-order valence-corrected chi connectivity index (χ1v) is 9.42. The van der Waals surface area contributed by atoms with Crippen molar-refractivity contribution in [2.24, 2.45) is 0 Å². The minimum atomic E-state index is -1.01. The van der Waals surface area contributed by atoms with Gasteiger partial charge in [0.2, 0.25) is 18.6 Å². The Morgan fingerprint density at radius 3 is 2.32 bits per heavy atom. The van der Waals surface area contributed by atoms with Gasteiger partial charge < -0.3 is 25.2 Å². The van der Waals surface area contributed by atoms with Gasteiger partial charge in [-0.1, -0.05) is 0 Å². The van der Waals surface area contributed by atoms with Crippen molar-refractivity contribution in [2.45, 2.75) is 17.7 Å². The number of thioether (sulfide) groups is 1. The number of amides is 2. The molecule has 0 aromatic heterocycles. The summed E-state index contributed by atoms with van der Waals surface area (Å²) in [5, 5.41) is 14.0. The van der Waals surface area contributed by atoms with Crippen LogP contribution in [-0.2, 0) is 14.4 Å². The Bertz CT molecular complexity index is 884. The highest BCUT2D eigenvalue weighted by Gasteiger charge is 2.14. The summed E-state index contributed by atoms with van der Waals surface area (Å²) in [7, 11) is 0. The topological polar surface area (TPSA) is 114 Å². The Labute approximate surface area is 165 Å². The Morgan fingerprint density at radius 1 is 0.893 bits per heavy atom. The van der Waals surface area contributed by atoms with Crippen LogP contribution in [0.1, 0.15) is 12.8 Å². The van der Waals surface area contributed by atoms with Gasteiger partial charge in [-0.3, -0.25) is 14.4 Å². The van der Waals surface area contributed by atoms with Crippen LogP contribution in [0.25, 0.3) is 0 Å². The minimum Gasteiger partial charge on any atom is -0.481 e.